The minimum absolute atomic E-state index is 0.105. The Hall–Kier alpha value is -3.63. The molecule has 2 aromatic carbocycles. The molecule has 1 N–H and O–H groups in total. The van der Waals surface area contributed by atoms with Gasteiger partial charge in [0.2, 0.25) is 0 Å². The first-order valence-corrected chi connectivity index (χ1v) is 10.5. The van der Waals surface area contributed by atoms with Crippen LogP contribution in [0.3, 0.4) is 0 Å². The molecule has 0 radical (unpaired) electrons. The van der Waals surface area contributed by atoms with Crippen molar-refractivity contribution in [2.75, 3.05) is 18.6 Å². The Morgan fingerprint density at radius 1 is 1.26 bits per heavy atom. The summed E-state index contributed by atoms with van der Waals surface area (Å²) in [6.45, 7) is -0.109. The Morgan fingerprint density at radius 2 is 1.97 bits per heavy atom. The lowest BCUT2D eigenvalue weighted by Crippen LogP contribution is -2.52. The van der Waals surface area contributed by atoms with Crippen LogP contribution in [0.25, 0.3) is 0 Å². The van der Waals surface area contributed by atoms with E-state index in [1.807, 2.05) is 0 Å². The Labute approximate surface area is 201 Å². The summed E-state index contributed by atoms with van der Waals surface area (Å²) in [5, 5.41) is 11.4. The number of carbonyl (C=O) groups is 3. The maximum absolute atomic E-state index is 14.7. The number of imide groups is 1. The van der Waals surface area contributed by atoms with Gasteiger partial charge in [0.1, 0.15) is 11.9 Å². The van der Waals surface area contributed by atoms with Crippen LogP contribution in [-0.4, -0.2) is 41.3 Å². The van der Waals surface area contributed by atoms with Crippen LogP contribution in [0.4, 0.5) is 28.0 Å². The standard InChI is InChI=1S/C22H16F4N4O4S/c1-28-18(31)14-5-4-13(9-16(14)23)29-20(33)30(35)19(32)21(29)6-7-34-17(21)11-2-3-12(10-27)15(8-11)22(24,25)26/h2-5,8-9,17,35H,6-7H2,1H3,(H,28,31). The Kier molecular flexibility index (Phi) is 5.98. The fourth-order valence-corrected chi connectivity index (χ4v) is 4.68. The summed E-state index contributed by atoms with van der Waals surface area (Å²) in [6, 6.07) is 6.60. The summed E-state index contributed by atoms with van der Waals surface area (Å²) < 4.78 is 61.6. The number of hydrogen-bond acceptors (Lipinski definition) is 6. The van der Waals surface area contributed by atoms with Gasteiger partial charge in [0.15, 0.2) is 5.54 Å². The lowest BCUT2D eigenvalue weighted by atomic mass is 9.84. The molecule has 2 atom stereocenters. The molecule has 2 aromatic rings. The zero-order valence-corrected chi connectivity index (χ0v) is 18.8. The number of halogens is 4. The van der Waals surface area contributed by atoms with Crippen molar-refractivity contribution in [1.29, 1.82) is 5.26 Å². The number of amides is 4. The highest BCUT2D eigenvalue weighted by Gasteiger charge is 2.65. The second-order valence-electron chi connectivity index (χ2n) is 7.82. The average Bonchev–Trinajstić information content (AvgIpc) is 3.34. The highest BCUT2D eigenvalue weighted by atomic mass is 32.1. The Bertz CT molecular complexity index is 1300. The van der Waals surface area contributed by atoms with E-state index in [4.69, 9.17) is 10.00 Å². The molecule has 0 aromatic heterocycles. The Balaban J connectivity index is 1.88. The number of nitrogens with zero attached hydrogens (tertiary/aromatic N) is 3. The van der Waals surface area contributed by atoms with E-state index in [0.29, 0.717) is 10.4 Å². The van der Waals surface area contributed by atoms with Gasteiger partial charge in [0.05, 0.1) is 29.4 Å². The molecule has 4 rings (SSSR count). The third-order valence-electron chi connectivity index (χ3n) is 5.99. The van der Waals surface area contributed by atoms with E-state index in [1.165, 1.54) is 25.2 Å². The van der Waals surface area contributed by atoms with Crippen molar-refractivity contribution in [2.24, 2.45) is 0 Å². The van der Waals surface area contributed by atoms with Gasteiger partial charge in [0, 0.05) is 19.2 Å². The number of nitrogens with one attached hydrogen (secondary N) is 1. The molecule has 0 bridgehead atoms. The molecule has 8 nitrogen and oxygen atoms in total. The van der Waals surface area contributed by atoms with Crippen molar-refractivity contribution in [3.05, 3.63) is 64.5 Å². The van der Waals surface area contributed by atoms with Crippen LogP contribution in [0.2, 0.25) is 0 Å². The van der Waals surface area contributed by atoms with Crippen LogP contribution < -0.4 is 10.2 Å². The van der Waals surface area contributed by atoms with E-state index in [0.717, 1.165) is 23.1 Å². The van der Waals surface area contributed by atoms with Crippen molar-refractivity contribution in [2.45, 2.75) is 24.2 Å². The van der Waals surface area contributed by atoms with Gasteiger partial charge in [-0.05, 0) is 35.9 Å². The van der Waals surface area contributed by atoms with Crippen LogP contribution in [0.15, 0.2) is 36.4 Å². The second-order valence-corrected chi connectivity index (χ2v) is 8.22. The van der Waals surface area contributed by atoms with Crippen molar-refractivity contribution >= 4 is 36.3 Å². The summed E-state index contributed by atoms with van der Waals surface area (Å²) in [5.74, 6) is -2.58. The summed E-state index contributed by atoms with van der Waals surface area (Å²) in [6.07, 6.45) is -6.37. The molecule has 0 saturated carbocycles. The first-order chi connectivity index (χ1) is 16.5. The number of carbonyl (C=O) groups excluding carboxylic acids is 3. The molecule has 1 spiro atoms. The summed E-state index contributed by atoms with van der Waals surface area (Å²) in [7, 11) is 1.30. The van der Waals surface area contributed by atoms with Gasteiger partial charge >= 0.3 is 12.2 Å². The number of thiol groups is 1. The van der Waals surface area contributed by atoms with E-state index in [9.17, 15) is 31.9 Å². The fraction of sp³-hybridized carbons (Fsp3) is 0.273. The predicted octanol–water partition coefficient (Wildman–Crippen LogP) is 3.59. The van der Waals surface area contributed by atoms with E-state index in [2.05, 4.69) is 18.1 Å². The number of nitriles is 1. The van der Waals surface area contributed by atoms with E-state index < -0.39 is 52.6 Å². The third kappa shape index (κ3) is 3.69. The van der Waals surface area contributed by atoms with Crippen LogP contribution in [0, 0.1) is 17.1 Å². The first-order valence-electron chi connectivity index (χ1n) is 10.1. The zero-order chi connectivity index (χ0) is 25.7. The molecule has 13 heteroatoms. The molecule has 182 valence electrons. The number of anilines is 1. The quantitative estimate of drug-likeness (QED) is 0.375. The lowest BCUT2D eigenvalue weighted by Gasteiger charge is -2.35. The van der Waals surface area contributed by atoms with Gasteiger partial charge in [-0.25, -0.2) is 13.5 Å². The zero-order valence-electron chi connectivity index (χ0n) is 17.9. The number of rotatable bonds is 3. The highest BCUT2D eigenvalue weighted by Crippen LogP contribution is 2.50. The fourth-order valence-electron chi connectivity index (χ4n) is 4.41. The number of alkyl halides is 3. The van der Waals surface area contributed by atoms with Crippen molar-refractivity contribution in [3.63, 3.8) is 0 Å². The molecule has 2 fully saturated rings. The minimum Gasteiger partial charge on any atom is -0.370 e. The van der Waals surface area contributed by atoms with Gasteiger partial charge in [-0.15, -0.1) is 0 Å². The number of benzene rings is 2. The molecular formula is C22H16F4N4O4S. The van der Waals surface area contributed by atoms with E-state index in [-0.39, 0.29) is 29.8 Å². The molecule has 35 heavy (non-hydrogen) atoms. The molecule has 4 amide bonds. The largest absolute Gasteiger partial charge is 0.417 e. The summed E-state index contributed by atoms with van der Waals surface area (Å²) in [4.78, 5) is 39.1. The SMILES string of the molecule is CNC(=O)c1ccc(N2C(=O)N(S)C(=O)C23CCOC3c2ccc(C#N)c(C(F)(F)F)c2)cc1F. The molecular weight excluding hydrogens is 492 g/mol. The van der Waals surface area contributed by atoms with Crippen LogP contribution in [0.5, 0.6) is 0 Å². The number of ether oxygens (including phenoxy) is 1. The van der Waals surface area contributed by atoms with Crippen LogP contribution in [-0.2, 0) is 15.7 Å². The first kappa shape index (κ1) is 24.5. The highest BCUT2D eigenvalue weighted by molar-refractivity contribution is 7.79. The topological polar surface area (TPSA) is 103 Å². The molecule has 2 aliphatic rings. The Morgan fingerprint density at radius 3 is 2.57 bits per heavy atom. The van der Waals surface area contributed by atoms with Crippen LogP contribution >= 0.6 is 12.8 Å². The smallest absolute Gasteiger partial charge is 0.370 e. The maximum atomic E-state index is 14.7. The van der Waals surface area contributed by atoms with Gasteiger partial charge in [-0.2, -0.15) is 18.4 Å². The van der Waals surface area contributed by atoms with E-state index in [1.54, 1.807) is 0 Å². The van der Waals surface area contributed by atoms with Gasteiger partial charge in [-0.1, -0.05) is 18.9 Å². The molecule has 0 aliphatic carbocycles. The summed E-state index contributed by atoms with van der Waals surface area (Å²) in [5.41, 5.74) is -4.27. The second kappa shape index (κ2) is 8.54. The average molecular weight is 508 g/mol. The number of urea groups is 1. The van der Waals surface area contributed by atoms with Crippen LogP contribution in [0.1, 0.15) is 39.6 Å². The minimum atomic E-state index is -4.86. The normalized spacial score (nSPS) is 22.1. The monoisotopic (exact) mass is 508 g/mol. The lowest BCUT2D eigenvalue weighted by molar-refractivity contribution is -0.137. The molecule has 2 unspecified atom stereocenters. The maximum Gasteiger partial charge on any atom is 0.417 e. The van der Waals surface area contributed by atoms with Crippen molar-refractivity contribution < 1.29 is 36.7 Å². The van der Waals surface area contributed by atoms with E-state index >= 15 is 0 Å². The predicted molar refractivity (Wildman–Crippen MR) is 116 cm³/mol. The van der Waals surface area contributed by atoms with Crippen molar-refractivity contribution in [3.8, 4) is 6.07 Å². The number of hydrogen-bond donors (Lipinski definition) is 2. The molecule has 2 heterocycles. The third-order valence-corrected chi connectivity index (χ3v) is 6.34. The van der Waals surface area contributed by atoms with Gasteiger partial charge < -0.3 is 10.1 Å². The summed E-state index contributed by atoms with van der Waals surface area (Å²) >= 11 is 3.94. The van der Waals surface area contributed by atoms with Crippen molar-refractivity contribution in [1.82, 2.24) is 9.62 Å². The van der Waals surface area contributed by atoms with Gasteiger partial charge in [0.25, 0.3) is 11.8 Å². The van der Waals surface area contributed by atoms with Gasteiger partial charge in [-0.3, -0.25) is 14.5 Å². The molecule has 2 aliphatic heterocycles. The molecule has 2 saturated heterocycles.